The fourth-order valence-corrected chi connectivity index (χ4v) is 3.38. The maximum absolute atomic E-state index is 12.6. The highest BCUT2D eigenvalue weighted by Crippen LogP contribution is 2.38. The lowest BCUT2D eigenvalue weighted by Gasteiger charge is -2.23. The maximum Gasteiger partial charge on any atom is 0.224 e. The molecule has 1 atom stereocenters. The van der Waals surface area contributed by atoms with Gasteiger partial charge in [0.2, 0.25) is 5.91 Å². The molecular formula is C21H24ClNO3. The molecule has 3 rings (SSSR count). The Kier molecular flexibility index (Phi) is 6.04. The molecular weight excluding hydrogens is 350 g/mol. The zero-order valence-electron chi connectivity index (χ0n) is 15.1. The highest BCUT2D eigenvalue weighted by Gasteiger charge is 2.20. The fraction of sp³-hybridized carbons (Fsp3) is 0.381. The van der Waals surface area contributed by atoms with Crippen LogP contribution < -0.4 is 14.8 Å². The fourth-order valence-electron chi connectivity index (χ4n) is 3.09. The van der Waals surface area contributed by atoms with E-state index in [2.05, 4.69) is 19.2 Å². The van der Waals surface area contributed by atoms with Gasteiger partial charge in [0.25, 0.3) is 0 Å². The van der Waals surface area contributed by atoms with Crippen LogP contribution in [-0.4, -0.2) is 19.1 Å². The Morgan fingerprint density at radius 3 is 2.62 bits per heavy atom. The second kappa shape index (κ2) is 8.45. The Labute approximate surface area is 159 Å². The van der Waals surface area contributed by atoms with Crippen LogP contribution in [0.2, 0.25) is 5.02 Å². The SMILES string of the molecule is CC(C)C(NC(=O)Cc1cc(Cl)c2c(c1)OCCCO2)c1ccccc1. The minimum absolute atomic E-state index is 0.0282. The van der Waals surface area contributed by atoms with Crippen LogP contribution in [0.5, 0.6) is 11.5 Å². The van der Waals surface area contributed by atoms with Gasteiger partial charge >= 0.3 is 0 Å². The molecule has 4 nitrogen and oxygen atoms in total. The van der Waals surface area contributed by atoms with E-state index in [-0.39, 0.29) is 24.3 Å². The number of hydrogen-bond acceptors (Lipinski definition) is 3. The monoisotopic (exact) mass is 373 g/mol. The normalized spacial score (nSPS) is 14.6. The first-order valence-corrected chi connectivity index (χ1v) is 9.34. The highest BCUT2D eigenvalue weighted by molar-refractivity contribution is 6.32. The van der Waals surface area contributed by atoms with Crippen molar-refractivity contribution in [2.75, 3.05) is 13.2 Å². The third-order valence-corrected chi connectivity index (χ3v) is 4.65. The molecule has 0 aromatic heterocycles. The Bertz CT molecular complexity index is 761. The molecule has 1 aliphatic rings. The van der Waals surface area contributed by atoms with Gasteiger partial charge in [0.05, 0.1) is 30.7 Å². The van der Waals surface area contributed by atoms with E-state index in [0.29, 0.717) is 29.7 Å². The second-order valence-corrected chi connectivity index (χ2v) is 7.24. The quantitative estimate of drug-likeness (QED) is 0.835. The van der Waals surface area contributed by atoms with Crippen molar-refractivity contribution in [1.82, 2.24) is 5.32 Å². The first-order valence-electron chi connectivity index (χ1n) is 8.97. The molecule has 138 valence electrons. The molecule has 1 unspecified atom stereocenters. The number of ether oxygens (including phenoxy) is 2. The maximum atomic E-state index is 12.6. The summed E-state index contributed by atoms with van der Waals surface area (Å²) in [5, 5.41) is 3.62. The molecule has 0 bridgehead atoms. The molecule has 0 saturated heterocycles. The van der Waals surface area contributed by atoms with Gasteiger partial charge in [0.1, 0.15) is 0 Å². The molecule has 0 saturated carbocycles. The predicted molar refractivity (Wildman–Crippen MR) is 103 cm³/mol. The summed E-state index contributed by atoms with van der Waals surface area (Å²) in [6.07, 6.45) is 1.06. The smallest absolute Gasteiger partial charge is 0.224 e. The van der Waals surface area contributed by atoms with Crippen molar-refractivity contribution in [3.63, 3.8) is 0 Å². The van der Waals surface area contributed by atoms with Gasteiger partial charge in [-0.05, 0) is 29.2 Å². The van der Waals surface area contributed by atoms with E-state index in [0.717, 1.165) is 17.5 Å². The Hall–Kier alpha value is -2.20. The zero-order valence-corrected chi connectivity index (χ0v) is 15.9. The third kappa shape index (κ3) is 4.50. The summed E-state index contributed by atoms with van der Waals surface area (Å²) in [6.45, 7) is 5.37. The van der Waals surface area contributed by atoms with Crippen molar-refractivity contribution in [3.8, 4) is 11.5 Å². The second-order valence-electron chi connectivity index (χ2n) is 6.83. The van der Waals surface area contributed by atoms with Gasteiger partial charge in [-0.25, -0.2) is 0 Å². The average Bonchev–Trinajstić information content (AvgIpc) is 2.86. The van der Waals surface area contributed by atoms with E-state index < -0.39 is 0 Å². The number of carbonyl (C=O) groups excluding carboxylic acids is 1. The third-order valence-electron chi connectivity index (χ3n) is 4.37. The van der Waals surface area contributed by atoms with Crippen LogP contribution in [0.1, 0.15) is 37.4 Å². The number of carbonyl (C=O) groups is 1. The number of halogens is 1. The van der Waals surface area contributed by atoms with Crippen molar-refractivity contribution < 1.29 is 14.3 Å². The van der Waals surface area contributed by atoms with Crippen molar-refractivity contribution in [2.45, 2.75) is 32.7 Å². The summed E-state index contributed by atoms with van der Waals surface area (Å²) >= 11 is 6.32. The standard InChI is InChI=1S/C21H24ClNO3/c1-14(2)20(16-7-4-3-5-8-16)23-19(24)13-15-11-17(22)21-18(12-15)25-9-6-10-26-21/h3-5,7-8,11-12,14,20H,6,9-10,13H2,1-2H3,(H,23,24). The number of fused-ring (bicyclic) bond motifs is 1. The van der Waals surface area contributed by atoms with Gasteiger partial charge in [-0.1, -0.05) is 55.8 Å². The van der Waals surface area contributed by atoms with Crippen LogP contribution >= 0.6 is 11.6 Å². The molecule has 0 radical (unpaired) electrons. The molecule has 0 spiro atoms. The van der Waals surface area contributed by atoms with E-state index in [1.165, 1.54) is 0 Å². The molecule has 1 N–H and O–H groups in total. The van der Waals surface area contributed by atoms with E-state index in [4.69, 9.17) is 21.1 Å². The van der Waals surface area contributed by atoms with Gasteiger partial charge in [-0.15, -0.1) is 0 Å². The first-order chi connectivity index (χ1) is 12.5. The van der Waals surface area contributed by atoms with Gasteiger partial charge in [-0.3, -0.25) is 4.79 Å². The van der Waals surface area contributed by atoms with Crippen molar-refractivity contribution in [1.29, 1.82) is 0 Å². The summed E-state index contributed by atoms with van der Waals surface area (Å²) in [5.74, 6) is 1.42. The van der Waals surface area contributed by atoms with E-state index >= 15 is 0 Å². The van der Waals surface area contributed by atoms with E-state index in [1.807, 2.05) is 36.4 Å². The summed E-state index contributed by atoms with van der Waals surface area (Å²) in [7, 11) is 0. The minimum atomic E-state index is -0.0434. The van der Waals surface area contributed by atoms with Gasteiger partial charge in [0, 0.05) is 6.42 Å². The topological polar surface area (TPSA) is 47.6 Å². The molecule has 2 aromatic rings. The van der Waals surface area contributed by atoms with E-state index in [1.54, 1.807) is 6.07 Å². The van der Waals surface area contributed by atoms with Gasteiger partial charge in [-0.2, -0.15) is 0 Å². The lowest BCUT2D eigenvalue weighted by molar-refractivity contribution is -0.121. The molecule has 1 amide bonds. The summed E-state index contributed by atoms with van der Waals surface area (Å²) in [5.41, 5.74) is 1.92. The van der Waals surface area contributed by atoms with Gasteiger partial charge < -0.3 is 14.8 Å². The first kappa shape index (κ1) is 18.6. The number of rotatable bonds is 5. The predicted octanol–water partition coefficient (Wildman–Crippen LogP) is 4.56. The lowest BCUT2D eigenvalue weighted by atomic mass is 9.95. The van der Waals surface area contributed by atoms with Crippen molar-refractivity contribution >= 4 is 17.5 Å². The van der Waals surface area contributed by atoms with Crippen molar-refractivity contribution in [2.24, 2.45) is 5.92 Å². The number of hydrogen-bond donors (Lipinski definition) is 1. The lowest BCUT2D eigenvalue weighted by Crippen LogP contribution is -2.32. The Balaban J connectivity index is 1.73. The number of benzene rings is 2. The van der Waals surface area contributed by atoms with Gasteiger partial charge in [0.15, 0.2) is 11.5 Å². The van der Waals surface area contributed by atoms with Crippen LogP contribution in [0, 0.1) is 5.92 Å². The molecule has 5 heteroatoms. The van der Waals surface area contributed by atoms with E-state index in [9.17, 15) is 4.79 Å². The average molecular weight is 374 g/mol. The molecule has 26 heavy (non-hydrogen) atoms. The molecule has 1 aliphatic heterocycles. The van der Waals surface area contributed by atoms with Crippen LogP contribution in [0.15, 0.2) is 42.5 Å². The molecule has 0 aliphatic carbocycles. The van der Waals surface area contributed by atoms with Crippen LogP contribution in [0.25, 0.3) is 0 Å². The zero-order chi connectivity index (χ0) is 18.5. The molecule has 2 aromatic carbocycles. The largest absolute Gasteiger partial charge is 0.489 e. The van der Waals surface area contributed by atoms with Crippen LogP contribution in [-0.2, 0) is 11.2 Å². The summed E-state index contributed by atoms with van der Waals surface area (Å²) < 4.78 is 11.3. The molecule has 1 heterocycles. The number of amides is 1. The van der Waals surface area contributed by atoms with Crippen LogP contribution in [0.3, 0.4) is 0 Å². The summed E-state index contributed by atoms with van der Waals surface area (Å²) in [4.78, 5) is 12.6. The summed E-state index contributed by atoms with van der Waals surface area (Å²) in [6, 6.07) is 13.6. The Morgan fingerprint density at radius 2 is 1.88 bits per heavy atom. The van der Waals surface area contributed by atoms with Crippen molar-refractivity contribution in [3.05, 3.63) is 58.6 Å². The van der Waals surface area contributed by atoms with Crippen LogP contribution in [0.4, 0.5) is 0 Å². The Morgan fingerprint density at radius 1 is 1.15 bits per heavy atom. The minimum Gasteiger partial charge on any atom is -0.489 e. The molecule has 0 fully saturated rings. The number of nitrogens with one attached hydrogen (secondary N) is 1. The highest BCUT2D eigenvalue weighted by atomic mass is 35.5.